The molecule has 0 fully saturated rings. The van der Waals surface area contributed by atoms with Crippen LogP contribution < -0.4 is 0 Å². The SMILES string of the molecule is C.C.C.C.C.CC.CC.CC.CC(=O)OC(C)(C)C.CC(=O)OC(C)(C)C.CC(C)(C)OC(=O)N=[N+]=[N-].CS(C)(=O)(O)OO.S.S.S.S.S.S.S.S.S.S.S.S. The Morgan fingerprint density at radius 3 is 0.714 bits per heavy atom. The first-order valence-electron chi connectivity index (χ1n) is 12.5. The van der Waals surface area contributed by atoms with E-state index >= 15 is 0 Å². The van der Waals surface area contributed by atoms with E-state index in [0.29, 0.717) is 0 Å². The van der Waals surface area contributed by atoms with E-state index in [-0.39, 0.29) is 222 Å². The summed E-state index contributed by atoms with van der Waals surface area (Å²) in [5, 5.41) is 10.4. The molecule has 0 unspecified atom stereocenters. The predicted octanol–water partition coefficient (Wildman–Crippen LogP) is 12.5. The van der Waals surface area contributed by atoms with Crippen molar-refractivity contribution < 1.29 is 46.9 Å². The monoisotopic (exact) mass is 1080 g/mol. The van der Waals surface area contributed by atoms with Crippen molar-refractivity contribution in [1.82, 2.24) is 0 Å². The van der Waals surface area contributed by atoms with E-state index in [1.165, 1.54) is 13.8 Å². The van der Waals surface area contributed by atoms with Gasteiger partial charge < -0.3 is 18.8 Å². The molecule has 0 bridgehead atoms. The molecule has 13 nitrogen and oxygen atoms in total. The quantitative estimate of drug-likeness (QED) is 0.0485. The van der Waals surface area contributed by atoms with Crippen LogP contribution >= 0.6 is 162 Å². The third kappa shape index (κ3) is 295. The van der Waals surface area contributed by atoms with Gasteiger partial charge in [-0.2, -0.15) is 162 Å². The molecule has 2 N–H and O–H groups in total. The van der Waals surface area contributed by atoms with Gasteiger partial charge in [-0.05, 0) is 67.8 Å². The van der Waals surface area contributed by atoms with Crippen molar-refractivity contribution in [3.63, 3.8) is 0 Å². The van der Waals surface area contributed by atoms with E-state index in [1.807, 2.05) is 83.1 Å². The predicted molar refractivity (Wildman–Crippen MR) is 317 cm³/mol. The molecular formula is C30H103N3O10S13. The van der Waals surface area contributed by atoms with Crippen LogP contribution in [0.3, 0.4) is 0 Å². The van der Waals surface area contributed by atoms with E-state index in [9.17, 15) is 18.6 Å². The Morgan fingerprint density at radius 2 is 0.661 bits per heavy atom. The summed E-state index contributed by atoms with van der Waals surface area (Å²) in [5.41, 5.74) is 6.54. The minimum Gasteiger partial charge on any atom is -0.460 e. The Kier molecular flexibility index (Phi) is 257. The number of esters is 2. The van der Waals surface area contributed by atoms with Crippen molar-refractivity contribution in [1.29, 1.82) is 0 Å². The molecular weight excluding hydrogens is 979 g/mol. The maximum Gasteiger partial charge on any atom is 0.397 e. The Labute approximate surface area is 432 Å². The summed E-state index contributed by atoms with van der Waals surface area (Å²) < 4.78 is 36.1. The summed E-state index contributed by atoms with van der Waals surface area (Å²) in [6.07, 6.45) is 0.906. The molecule has 0 aliphatic rings. The summed E-state index contributed by atoms with van der Waals surface area (Å²) in [4.78, 5) is 33.2. The second kappa shape index (κ2) is 88.2. The van der Waals surface area contributed by atoms with Gasteiger partial charge in [0.25, 0.3) is 0 Å². The highest BCUT2D eigenvalue weighted by atomic mass is 32.3. The first-order chi connectivity index (χ1) is 17.1. The molecule has 26 heteroatoms. The van der Waals surface area contributed by atoms with E-state index < -0.39 is 21.3 Å². The molecule has 0 aliphatic carbocycles. The highest BCUT2D eigenvalue weighted by molar-refractivity contribution is 8.09. The zero-order valence-electron chi connectivity index (χ0n) is 33.9. The van der Waals surface area contributed by atoms with E-state index in [1.54, 1.807) is 20.8 Å². The molecule has 0 rings (SSSR count). The Balaban J connectivity index is -0.00000000968. The fourth-order valence-corrected chi connectivity index (χ4v) is 1.18. The van der Waals surface area contributed by atoms with Crippen LogP contribution in [0, 0.1) is 0 Å². The number of carbonyl (C=O) groups is 3. The number of azide groups is 1. The molecule has 0 aromatic heterocycles. The highest BCUT2D eigenvalue weighted by Gasteiger charge is 2.18. The molecule has 0 spiro atoms. The fourth-order valence-electron chi connectivity index (χ4n) is 1.18. The zero-order chi connectivity index (χ0) is 33.9. The average Bonchev–Trinajstić information content (AvgIpc) is 2.68. The van der Waals surface area contributed by atoms with Gasteiger partial charge in [-0.3, -0.25) is 9.59 Å². The smallest absolute Gasteiger partial charge is 0.397 e. The standard InChI is InChI=1S/2C6H12O2.C5H9N3O2.C2H8O4S.3C2H6.5CH4.12H2S/c2*1-5(7)8-6(2,3)4;1-5(2,3)10-4(9)7-8-6;1-7(2,4,5)6-3;3*1-2;;;;;;;;;;;;;;;;;/h2*1-4H3;1-3H3;3H,1-2H3,(H,4,5);3*1-2H3;5*1H4;12*1H2. The lowest BCUT2D eigenvalue weighted by molar-refractivity contribution is -0.153. The number of hydrogen-bond acceptors (Lipinski definition) is 9. The lowest BCUT2D eigenvalue weighted by atomic mass is 10.2. The van der Waals surface area contributed by atoms with Gasteiger partial charge in [0, 0.05) is 36.4 Å². The number of rotatable bonds is 1. The normalized spacial score (nSPS) is 7.48. The van der Waals surface area contributed by atoms with Crippen LogP contribution in [-0.2, 0) is 37.8 Å². The molecule has 0 atom stereocenters. The van der Waals surface area contributed by atoms with Gasteiger partial charge >= 0.3 is 18.0 Å². The first-order valence-corrected chi connectivity index (χ1v) is 15.1. The van der Waals surface area contributed by atoms with Crippen molar-refractivity contribution in [2.75, 3.05) is 12.5 Å². The van der Waals surface area contributed by atoms with Crippen LogP contribution in [0.25, 0.3) is 10.4 Å². The van der Waals surface area contributed by atoms with Crippen molar-refractivity contribution in [2.24, 2.45) is 5.11 Å². The van der Waals surface area contributed by atoms with Crippen LogP contribution in [0.5, 0.6) is 0 Å². The van der Waals surface area contributed by atoms with Gasteiger partial charge in [-0.15, -0.1) is 4.33 Å². The Bertz CT molecular complexity index is 742. The summed E-state index contributed by atoms with van der Waals surface area (Å²) in [7, 11) is -4.06. The Hall–Kier alpha value is 1.95. The average molecular weight is 1080 g/mol. The van der Waals surface area contributed by atoms with Gasteiger partial charge in [-0.25, -0.2) is 14.3 Å². The molecule has 0 saturated heterocycles. The second-order valence-corrected chi connectivity index (χ2v) is 13.3. The Morgan fingerprint density at radius 1 is 0.518 bits per heavy atom. The lowest BCUT2D eigenvalue weighted by Gasteiger charge is -2.20. The van der Waals surface area contributed by atoms with Crippen molar-refractivity contribution in [3.05, 3.63) is 10.4 Å². The van der Waals surface area contributed by atoms with Gasteiger partial charge in [0.2, 0.25) is 0 Å². The topological polar surface area (TPSA) is 194 Å². The number of nitrogens with zero attached hydrogens (tertiary/aromatic N) is 3. The van der Waals surface area contributed by atoms with Crippen LogP contribution in [-0.4, -0.2) is 61.4 Å². The second-order valence-electron chi connectivity index (χ2n) is 9.81. The van der Waals surface area contributed by atoms with Crippen molar-refractivity contribution in [2.45, 2.75) is 172 Å². The van der Waals surface area contributed by atoms with Gasteiger partial charge in [0.1, 0.15) is 26.4 Å². The zero-order valence-corrected chi connectivity index (χ0v) is 46.7. The van der Waals surface area contributed by atoms with E-state index in [0.717, 1.165) is 12.5 Å². The van der Waals surface area contributed by atoms with Crippen LogP contribution in [0.15, 0.2) is 5.11 Å². The fraction of sp³-hybridized carbons (Fsp3) is 0.900. The van der Waals surface area contributed by atoms with Gasteiger partial charge in [-0.1, -0.05) is 78.7 Å². The number of carbonyl (C=O) groups excluding carboxylic acids is 3. The summed E-state index contributed by atoms with van der Waals surface area (Å²) in [6.45, 7) is 30.9. The first kappa shape index (κ1) is 163. The van der Waals surface area contributed by atoms with Gasteiger partial charge in [0.15, 0.2) is 0 Å². The summed E-state index contributed by atoms with van der Waals surface area (Å²) in [5.74, 6) is -0.449. The molecule has 0 saturated carbocycles. The largest absolute Gasteiger partial charge is 0.460 e. The van der Waals surface area contributed by atoms with Crippen molar-refractivity contribution >= 4 is 190 Å². The van der Waals surface area contributed by atoms with E-state index in [4.69, 9.17) is 24.8 Å². The van der Waals surface area contributed by atoms with Crippen LogP contribution in [0.4, 0.5) is 4.79 Å². The molecule has 0 aromatic carbocycles. The molecule has 0 radical (unpaired) electrons. The molecule has 0 aliphatic heterocycles. The third-order valence-corrected chi connectivity index (χ3v) is 2.06. The maximum absolute atomic E-state index is 10.4. The number of hydrogen-bond donors (Lipinski definition) is 2. The maximum atomic E-state index is 10.4. The summed E-state index contributed by atoms with van der Waals surface area (Å²) in [6, 6.07) is 0. The molecule has 376 valence electrons. The van der Waals surface area contributed by atoms with Crippen LogP contribution in [0.2, 0.25) is 0 Å². The number of amides is 1. The highest BCUT2D eigenvalue weighted by Crippen LogP contribution is 2.09. The molecule has 0 aromatic rings. The van der Waals surface area contributed by atoms with E-state index in [2.05, 4.69) is 19.1 Å². The molecule has 0 heterocycles. The lowest BCUT2D eigenvalue weighted by Crippen LogP contribution is -2.29. The minimum absolute atomic E-state index is 0. The van der Waals surface area contributed by atoms with Crippen molar-refractivity contribution in [3.8, 4) is 0 Å². The third-order valence-electron chi connectivity index (χ3n) is 1.63. The van der Waals surface area contributed by atoms with Crippen LogP contribution in [0.1, 0.15) is 155 Å². The summed E-state index contributed by atoms with van der Waals surface area (Å²) >= 11 is 0. The molecule has 56 heavy (non-hydrogen) atoms. The number of ether oxygens (including phenoxy) is 3. The minimum atomic E-state index is -4.06. The molecule has 1 amide bonds. The van der Waals surface area contributed by atoms with Gasteiger partial charge in [0.05, 0.1) is 0 Å².